The molecule has 0 spiro atoms. The van der Waals surface area contributed by atoms with E-state index in [4.69, 9.17) is 4.98 Å². The van der Waals surface area contributed by atoms with E-state index >= 15 is 0 Å². The maximum atomic E-state index is 13.8. The summed E-state index contributed by atoms with van der Waals surface area (Å²) >= 11 is 0. The largest absolute Gasteiger partial charge is 0.341 e. The number of rotatable bonds is 6. The molecule has 1 aromatic heterocycles. The first-order chi connectivity index (χ1) is 16.1. The number of carbonyl (C=O) groups is 1. The van der Waals surface area contributed by atoms with Crippen LogP contribution in [-0.4, -0.2) is 90.0 Å². The fraction of sp³-hybridized carbons (Fsp3) is 0.577. The highest BCUT2D eigenvalue weighted by molar-refractivity contribution is 5.81. The van der Waals surface area contributed by atoms with E-state index in [2.05, 4.69) is 69.0 Å². The molecule has 7 nitrogen and oxygen atoms in total. The summed E-state index contributed by atoms with van der Waals surface area (Å²) in [6.45, 7) is 6.23. The highest BCUT2D eigenvalue weighted by Gasteiger charge is 2.42. The van der Waals surface area contributed by atoms with E-state index in [-0.39, 0.29) is 11.8 Å². The van der Waals surface area contributed by atoms with Crippen molar-refractivity contribution < 1.29 is 4.79 Å². The Kier molecular flexibility index (Phi) is 6.60. The zero-order chi connectivity index (χ0) is 22.8. The van der Waals surface area contributed by atoms with Crippen molar-refractivity contribution in [2.45, 2.75) is 37.8 Å². The molecule has 1 aromatic carbocycles. The number of likely N-dealkylation sites (tertiary alicyclic amines) is 2. The molecule has 0 saturated carbocycles. The molecular weight excluding hydrogens is 412 g/mol. The zero-order valence-electron chi connectivity index (χ0n) is 19.9. The second kappa shape index (κ2) is 9.77. The van der Waals surface area contributed by atoms with Crippen LogP contribution >= 0.6 is 0 Å². The molecule has 33 heavy (non-hydrogen) atoms. The summed E-state index contributed by atoms with van der Waals surface area (Å²) in [7, 11) is 4.22. The Hall–Kier alpha value is -2.51. The molecule has 0 radical (unpaired) electrons. The van der Waals surface area contributed by atoms with Crippen LogP contribution in [0.25, 0.3) is 0 Å². The van der Waals surface area contributed by atoms with E-state index in [0.29, 0.717) is 11.9 Å². The lowest BCUT2D eigenvalue weighted by atomic mass is 9.91. The van der Waals surface area contributed by atoms with Crippen LogP contribution in [0.4, 0.5) is 5.95 Å². The Morgan fingerprint density at radius 3 is 2.55 bits per heavy atom. The summed E-state index contributed by atoms with van der Waals surface area (Å²) in [6, 6.07) is 13.1. The minimum absolute atomic E-state index is 0.0593. The molecule has 4 heterocycles. The molecule has 3 aliphatic heterocycles. The lowest BCUT2D eigenvalue weighted by molar-refractivity contribution is -0.134. The summed E-state index contributed by atoms with van der Waals surface area (Å²) < 4.78 is 0. The summed E-state index contributed by atoms with van der Waals surface area (Å²) in [5, 5.41) is 0. The molecule has 2 aromatic rings. The van der Waals surface area contributed by atoms with Crippen molar-refractivity contribution in [3.8, 4) is 0 Å². The Labute approximate surface area is 197 Å². The molecule has 7 heteroatoms. The number of hydrogen-bond donors (Lipinski definition) is 0. The normalized spacial score (nSPS) is 26.0. The Morgan fingerprint density at radius 1 is 1.03 bits per heavy atom. The molecule has 0 N–H and O–H groups in total. The minimum Gasteiger partial charge on any atom is -0.341 e. The smallest absolute Gasteiger partial charge is 0.227 e. The minimum atomic E-state index is -0.0593. The van der Waals surface area contributed by atoms with Gasteiger partial charge in [0.2, 0.25) is 11.9 Å². The van der Waals surface area contributed by atoms with Crippen molar-refractivity contribution in [1.82, 2.24) is 24.7 Å². The van der Waals surface area contributed by atoms with Gasteiger partial charge in [-0.1, -0.05) is 30.3 Å². The van der Waals surface area contributed by atoms with Gasteiger partial charge in [-0.25, -0.2) is 9.97 Å². The summed E-state index contributed by atoms with van der Waals surface area (Å²) in [4.78, 5) is 32.4. The van der Waals surface area contributed by atoms with Crippen molar-refractivity contribution >= 4 is 11.9 Å². The fourth-order valence-corrected chi connectivity index (χ4v) is 5.64. The van der Waals surface area contributed by atoms with Gasteiger partial charge >= 0.3 is 0 Å². The Balaban J connectivity index is 1.38. The van der Waals surface area contributed by atoms with E-state index in [1.54, 1.807) is 0 Å². The Morgan fingerprint density at radius 2 is 1.82 bits per heavy atom. The molecule has 5 rings (SSSR count). The first kappa shape index (κ1) is 22.3. The average molecular weight is 449 g/mol. The van der Waals surface area contributed by atoms with E-state index < -0.39 is 0 Å². The standard InChI is InChI=1S/C26H36N6O/c1-29(2)21-11-15-32(17-21)25(33)23-19-30(16-20-8-4-3-5-9-20)18-22(23)24-10-12-27-26(28-24)31-13-6-7-14-31/h3-5,8-10,12,21-23H,6-7,11,13-19H2,1-2H3/t21-,22-,23-/m0/s1. The molecule has 3 atom stereocenters. The van der Waals surface area contributed by atoms with Gasteiger partial charge in [0.15, 0.2) is 0 Å². The first-order valence-electron chi connectivity index (χ1n) is 12.4. The van der Waals surface area contributed by atoms with Gasteiger partial charge in [0.1, 0.15) is 0 Å². The quantitative estimate of drug-likeness (QED) is 0.677. The van der Waals surface area contributed by atoms with E-state index in [0.717, 1.165) is 63.9 Å². The topological polar surface area (TPSA) is 55.8 Å². The monoisotopic (exact) mass is 448 g/mol. The second-order valence-electron chi connectivity index (χ2n) is 10.1. The third-order valence-electron chi connectivity index (χ3n) is 7.60. The van der Waals surface area contributed by atoms with Crippen molar-refractivity contribution in [3.05, 3.63) is 53.9 Å². The van der Waals surface area contributed by atoms with E-state index in [1.165, 1.54) is 18.4 Å². The molecule has 3 saturated heterocycles. The highest BCUT2D eigenvalue weighted by Crippen LogP contribution is 2.35. The Bertz CT molecular complexity index is 945. The summed E-state index contributed by atoms with van der Waals surface area (Å²) in [5.41, 5.74) is 2.31. The number of likely N-dealkylation sites (N-methyl/N-ethyl adjacent to an activating group) is 1. The van der Waals surface area contributed by atoms with Gasteiger partial charge in [0, 0.05) is 64.0 Å². The van der Waals surface area contributed by atoms with Gasteiger partial charge in [0.25, 0.3) is 0 Å². The molecular formula is C26H36N6O. The predicted octanol–water partition coefficient (Wildman–Crippen LogP) is 2.45. The van der Waals surface area contributed by atoms with Gasteiger partial charge in [-0.05, 0) is 45.0 Å². The molecule has 3 fully saturated rings. The van der Waals surface area contributed by atoms with Crippen LogP contribution in [0.2, 0.25) is 0 Å². The fourth-order valence-electron chi connectivity index (χ4n) is 5.64. The number of anilines is 1. The van der Waals surface area contributed by atoms with Crippen LogP contribution in [0.3, 0.4) is 0 Å². The third kappa shape index (κ3) is 4.89. The number of hydrogen-bond acceptors (Lipinski definition) is 6. The van der Waals surface area contributed by atoms with Crippen LogP contribution in [0.15, 0.2) is 42.6 Å². The van der Waals surface area contributed by atoms with Crippen molar-refractivity contribution in [1.29, 1.82) is 0 Å². The maximum absolute atomic E-state index is 13.8. The average Bonchev–Trinajstić information content (AvgIpc) is 3.60. The van der Waals surface area contributed by atoms with E-state index in [9.17, 15) is 4.79 Å². The molecule has 0 unspecified atom stereocenters. The second-order valence-corrected chi connectivity index (χ2v) is 10.1. The van der Waals surface area contributed by atoms with Crippen LogP contribution < -0.4 is 4.90 Å². The van der Waals surface area contributed by atoms with Crippen LogP contribution in [0.1, 0.15) is 36.4 Å². The van der Waals surface area contributed by atoms with Gasteiger partial charge in [-0.3, -0.25) is 9.69 Å². The maximum Gasteiger partial charge on any atom is 0.227 e. The van der Waals surface area contributed by atoms with Gasteiger partial charge in [-0.2, -0.15) is 0 Å². The summed E-state index contributed by atoms with van der Waals surface area (Å²) in [6.07, 6.45) is 5.34. The predicted molar refractivity (Wildman–Crippen MR) is 130 cm³/mol. The van der Waals surface area contributed by atoms with Crippen molar-refractivity contribution in [2.24, 2.45) is 5.92 Å². The van der Waals surface area contributed by atoms with Crippen LogP contribution in [0, 0.1) is 5.92 Å². The molecule has 176 valence electrons. The number of amides is 1. The van der Waals surface area contributed by atoms with Gasteiger partial charge in [-0.15, -0.1) is 0 Å². The zero-order valence-corrected chi connectivity index (χ0v) is 19.9. The molecule has 1 amide bonds. The number of carbonyl (C=O) groups excluding carboxylic acids is 1. The molecule has 0 aliphatic carbocycles. The first-order valence-corrected chi connectivity index (χ1v) is 12.4. The number of benzene rings is 1. The van der Waals surface area contributed by atoms with Gasteiger partial charge in [0.05, 0.1) is 11.6 Å². The summed E-state index contributed by atoms with van der Waals surface area (Å²) in [5.74, 6) is 1.16. The molecule has 0 bridgehead atoms. The number of nitrogens with zero attached hydrogens (tertiary/aromatic N) is 6. The van der Waals surface area contributed by atoms with Crippen LogP contribution in [-0.2, 0) is 11.3 Å². The lowest BCUT2D eigenvalue weighted by Gasteiger charge is -2.25. The highest BCUT2D eigenvalue weighted by atomic mass is 16.2. The lowest BCUT2D eigenvalue weighted by Crippen LogP contribution is -2.40. The van der Waals surface area contributed by atoms with Crippen molar-refractivity contribution in [2.75, 3.05) is 58.3 Å². The third-order valence-corrected chi connectivity index (χ3v) is 7.60. The molecule has 3 aliphatic rings. The van der Waals surface area contributed by atoms with Crippen LogP contribution in [0.5, 0.6) is 0 Å². The number of aromatic nitrogens is 2. The van der Waals surface area contributed by atoms with Crippen molar-refractivity contribution in [3.63, 3.8) is 0 Å². The van der Waals surface area contributed by atoms with E-state index in [1.807, 2.05) is 12.3 Å². The SMILES string of the molecule is CN(C)[C@H]1CCN(C(=O)[C@H]2CN(Cc3ccccc3)C[C@@H]2c2ccnc(N3CCCC3)n2)C1. The van der Waals surface area contributed by atoms with Gasteiger partial charge < -0.3 is 14.7 Å².